The minimum atomic E-state index is -0.754. The predicted octanol–water partition coefficient (Wildman–Crippen LogP) is 3.43. The summed E-state index contributed by atoms with van der Waals surface area (Å²) in [5.41, 5.74) is 1.84. The summed E-state index contributed by atoms with van der Waals surface area (Å²) in [6.07, 6.45) is 1.46. The molecule has 0 bridgehead atoms. The van der Waals surface area contributed by atoms with Crippen molar-refractivity contribution in [1.82, 2.24) is 30.0 Å². The van der Waals surface area contributed by atoms with E-state index in [0.29, 0.717) is 41.2 Å². The van der Waals surface area contributed by atoms with E-state index in [1.165, 1.54) is 12.3 Å². The van der Waals surface area contributed by atoms with Gasteiger partial charge in [-0.15, -0.1) is 0 Å². The minimum absolute atomic E-state index is 0.00930. The standard InChI is InChI=1S/C23H21F2N7O/c1-31-9-11-32(12-10-31)23(33)14-5-7-15(8-6-14)27-22-20-18(13-26-30-20)28-21(29-22)19-16(24)3-2-4-17(19)25/h2-8,13H,9-12H2,1H3,(H,26,30)(H,27,28,29). The second kappa shape index (κ2) is 8.55. The number of hydrogen-bond donors (Lipinski definition) is 2. The first-order valence-corrected chi connectivity index (χ1v) is 10.5. The molecule has 168 valence electrons. The van der Waals surface area contributed by atoms with Gasteiger partial charge < -0.3 is 15.1 Å². The van der Waals surface area contributed by atoms with Crippen LogP contribution in [0, 0.1) is 11.6 Å². The van der Waals surface area contributed by atoms with Gasteiger partial charge in [0.2, 0.25) is 0 Å². The summed E-state index contributed by atoms with van der Waals surface area (Å²) in [5.74, 6) is -1.30. The van der Waals surface area contributed by atoms with Crippen LogP contribution in [0.25, 0.3) is 22.4 Å². The van der Waals surface area contributed by atoms with Crippen molar-refractivity contribution in [3.05, 3.63) is 65.9 Å². The van der Waals surface area contributed by atoms with Crippen LogP contribution in [0.4, 0.5) is 20.3 Å². The largest absolute Gasteiger partial charge is 0.338 e. The molecule has 2 aromatic heterocycles. The third-order valence-corrected chi connectivity index (χ3v) is 5.67. The first-order valence-electron chi connectivity index (χ1n) is 10.5. The van der Waals surface area contributed by atoms with Gasteiger partial charge in [0.1, 0.15) is 22.7 Å². The fourth-order valence-corrected chi connectivity index (χ4v) is 3.78. The van der Waals surface area contributed by atoms with E-state index in [0.717, 1.165) is 25.2 Å². The van der Waals surface area contributed by atoms with Crippen molar-refractivity contribution in [1.29, 1.82) is 0 Å². The van der Waals surface area contributed by atoms with Gasteiger partial charge in [-0.1, -0.05) is 6.07 Å². The Morgan fingerprint density at radius 3 is 2.39 bits per heavy atom. The van der Waals surface area contributed by atoms with E-state index in [9.17, 15) is 13.6 Å². The SMILES string of the molecule is CN1CCN(C(=O)c2ccc(Nc3nc(-c4c(F)cccc4F)nc4cn[nH]c34)cc2)CC1. The molecule has 0 atom stereocenters. The Morgan fingerprint density at radius 1 is 1.00 bits per heavy atom. The number of likely N-dealkylation sites (N-methyl/N-ethyl adjacent to an activating group) is 1. The lowest BCUT2D eigenvalue weighted by atomic mass is 10.1. The summed E-state index contributed by atoms with van der Waals surface area (Å²) in [6.45, 7) is 3.10. The van der Waals surface area contributed by atoms with Gasteiger partial charge in [-0.3, -0.25) is 9.89 Å². The van der Waals surface area contributed by atoms with Gasteiger partial charge in [-0.05, 0) is 43.4 Å². The van der Waals surface area contributed by atoms with Crippen molar-refractivity contribution in [2.24, 2.45) is 0 Å². The average molecular weight is 449 g/mol. The molecule has 1 saturated heterocycles. The molecule has 1 aliphatic rings. The number of amides is 1. The zero-order chi connectivity index (χ0) is 22.9. The number of H-pyrrole nitrogens is 1. The molecule has 1 amide bonds. The number of rotatable bonds is 4. The third kappa shape index (κ3) is 4.12. The molecule has 4 aromatic rings. The number of nitrogens with zero attached hydrogens (tertiary/aromatic N) is 5. The normalized spacial score (nSPS) is 14.6. The van der Waals surface area contributed by atoms with Crippen LogP contribution in [0.2, 0.25) is 0 Å². The second-order valence-electron chi connectivity index (χ2n) is 7.92. The van der Waals surface area contributed by atoms with E-state index in [1.54, 1.807) is 24.3 Å². The van der Waals surface area contributed by atoms with Gasteiger partial charge in [-0.2, -0.15) is 5.10 Å². The lowest BCUT2D eigenvalue weighted by molar-refractivity contribution is 0.0664. The zero-order valence-corrected chi connectivity index (χ0v) is 17.8. The van der Waals surface area contributed by atoms with Crippen molar-refractivity contribution in [2.45, 2.75) is 0 Å². The molecule has 1 fully saturated rings. The van der Waals surface area contributed by atoms with E-state index in [2.05, 4.69) is 30.4 Å². The lowest BCUT2D eigenvalue weighted by Gasteiger charge is -2.32. The summed E-state index contributed by atoms with van der Waals surface area (Å²) in [7, 11) is 2.04. The van der Waals surface area contributed by atoms with Crippen molar-refractivity contribution < 1.29 is 13.6 Å². The molecule has 2 aromatic carbocycles. The molecule has 0 saturated carbocycles. The van der Waals surface area contributed by atoms with Crippen LogP contribution in [-0.2, 0) is 0 Å². The smallest absolute Gasteiger partial charge is 0.253 e. The summed E-state index contributed by atoms with van der Waals surface area (Å²) >= 11 is 0. The number of hydrogen-bond acceptors (Lipinski definition) is 6. The first-order chi connectivity index (χ1) is 16.0. The van der Waals surface area contributed by atoms with Gasteiger partial charge in [0.25, 0.3) is 5.91 Å². The van der Waals surface area contributed by atoms with Crippen LogP contribution >= 0.6 is 0 Å². The van der Waals surface area contributed by atoms with Crippen molar-refractivity contribution in [3.63, 3.8) is 0 Å². The minimum Gasteiger partial charge on any atom is -0.338 e. The van der Waals surface area contributed by atoms with E-state index >= 15 is 0 Å². The van der Waals surface area contributed by atoms with Gasteiger partial charge in [0.15, 0.2) is 11.6 Å². The Balaban J connectivity index is 1.42. The fourth-order valence-electron chi connectivity index (χ4n) is 3.78. The van der Waals surface area contributed by atoms with Crippen LogP contribution in [0.15, 0.2) is 48.7 Å². The number of benzene rings is 2. The van der Waals surface area contributed by atoms with Gasteiger partial charge in [0.05, 0.1) is 11.8 Å². The molecule has 10 heteroatoms. The van der Waals surface area contributed by atoms with Crippen molar-refractivity contribution in [2.75, 3.05) is 38.5 Å². The molecule has 3 heterocycles. The highest BCUT2D eigenvalue weighted by molar-refractivity contribution is 5.95. The highest BCUT2D eigenvalue weighted by Crippen LogP contribution is 2.29. The fraction of sp³-hybridized carbons (Fsp3) is 0.217. The van der Waals surface area contributed by atoms with Gasteiger partial charge in [-0.25, -0.2) is 18.7 Å². The molecule has 0 radical (unpaired) electrons. The van der Waals surface area contributed by atoms with Crippen molar-refractivity contribution in [3.8, 4) is 11.4 Å². The molecule has 1 aliphatic heterocycles. The van der Waals surface area contributed by atoms with E-state index in [1.807, 2.05) is 11.9 Å². The number of aromatic nitrogens is 4. The molecule has 0 unspecified atom stereocenters. The molecule has 0 spiro atoms. The topological polar surface area (TPSA) is 90.0 Å². The van der Waals surface area contributed by atoms with E-state index in [4.69, 9.17) is 0 Å². The van der Waals surface area contributed by atoms with Crippen LogP contribution in [0.3, 0.4) is 0 Å². The number of piperazine rings is 1. The summed E-state index contributed by atoms with van der Waals surface area (Å²) < 4.78 is 28.6. The maximum Gasteiger partial charge on any atom is 0.253 e. The molecule has 0 aliphatic carbocycles. The Kier molecular flexibility index (Phi) is 5.43. The maximum atomic E-state index is 14.3. The summed E-state index contributed by atoms with van der Waals surface area (Å²) in [5, 5.41) is 9.91. The lowest BCUT2D eigenvalue weighted by Crippen LogP contribution is -2.47. The Bertz CT molecular complexity index is 1290. The van der Waals surface area contributed by atoms with Crippen LogP contribution < -0.4 is 5.32 Å². The maximum absolute atomic E-state index is 14.3. The number of anilines is 2. The number of nitrogens with one attached hydrogen (secondary N) is 2. The van der Waals surface area contributed by atoms with Gasteiger partial charge >= 0.3 is 0 Å². The number of fused-ring (bicyclic) bond motifs is 1. The summed E-state index contributed by atoms with van der Waals surface area (Å²) in [6, 6.07) is 10.6. The number of aromatic amines is 1. The summed E-state index contributed by atoms with van der Waals surface area (Å²) in [4.78, 5) is 25.4. The Morgan fingerprint density at radius 2 is 1.70 bits per heavy atom. The molecule has 2 N–H and O–H groups in total. The number of carbonyl (C=O) groups excluding carboxylic acids is 1. The highest BCUT2D eigenvalue weighted by atomic mass is 19.1. The van der Waals surface area contributed by atoms with Crippen molar-refractivity contribution >= 4 is 28.4 Å². The monoisotopic (exact) mass is 449 g/mol. The molecule has 8 nitrogen and oxygen atoms in total. The molecular formula is C23H21F2N7O. The van der Waals surface area contributed by atoms with E-state index in [-0.39, 0.29) is 17.3 Å². The van der Waals surface area contributed by atoms with Gasteiger partial charge in [0, 0.05) is 37.4 Å². The average Bonchev–Trinajstić information content (AvgIpc) is 3.29. The zero-order valence-electron chi connectivity index (χ0n) is 17.8. The molecule has 5 rings (SSSR count). The Hall–Kier alpha value is -3.92. The predicted molar refractivity (Wildman–Crippen MR) is 120 cm³/mol. The quantitative estimate of drug-likeness (QED) is 0.496. The number of halogens is 2. The molecular weight excluding hydrogens is 428 g/mol. The van der Waals surface area contributed by atoms with E-state index < -0.39 is 11.6 Å². The third-order valence-electron chi connectivity index (χ3n) is 5.67. The van der Waals surface area contributed by atoms with Crippen LogP contribution in [-0.4, -0.2) is 69.1 Å². The Labute approximate surface area is 188 Å². The highest BCUT2D eigenvalue weighted by Gasteiger charge is 2.21. The van der Waals surface area contributed by atoms with Crippen LogP contribution in [0.5, 0.6) is 0 Å². The second-order valence-corrected chi connectivity index (χ2v) is 7.92. The first kappa shape index (κ1) is 21.0. The molecule has 33 heavy (non-hydrogen) atoms. The number of carbonyl (C=O) groups is 1. The van der Waals surface area contributed by atoms with Crippen LogP contribution in [0.1, 0.15) is 10.4 Å².